The molecule has 0 aliphatic carbocycles. The summed E-state index contributed by atoms with van der Waals surface area (Å²) in [5.41, 5.74) is 7.15. The smallest absolute Gasteiger partial charge is 0.0423 e. The molecule has 1 aromatic carbocycles. The third-order valence-corrected chi connectivity index (χ3v) is 3.06. The lowest BCUT2D eigenvalue weighted by Crippen LogP contribution is -2.19. The molecule has 1 atom stereocenters. The van der Waals surface area contributed by atoms with E-state index in [9.17, 15) is 0 Å². The van der Waals surface area contributed by atoms with Crippen LogP contribution in [0.15, 0.2) is 18.2 Å². The summed E-state index contributed by atoms with van der Waals surface area (Å²) in [6.45, 7) is 2.16. The molecule has 0 radical (unpaired) electrons. The summed E-state index contributed by atoms with van der Waals surface area (Å²) < 4.78 is 0. The van der Waals surface area contributed by atoms with Gasteiger partial charge in [-0.25, -0.2) is 0 Å². The summed E-state index contributed by atoms with van der Waals surface area (Å²) in [5.74, 6) is 0. The van der Waals surface area contributed by atoms with Gasteiger partial charge in [0.2, 0.25) is 0 Å². The fourth-order valence-electron chi connectivity index (χ4n) is 1.84. The van der Waals surface area contributed by atoms with Gasteiger partial charge in [0.1, 0.15) is 0 Å². The number of hydrogen-bond donors (Lipinski definition) is 1. The van der Waals surface area contributed by atoms with Crippen molar-refractivity contribution in [3.8, 4) is 0 Å². The Morgan fingerprint density at radius 3 is 2.31 bits per heavy atom. The normalized spacial score (nSPS) is 12.8. The molecular formula is C13H19Cl2N. The van der Waals surface area contributed by atoms with E-state index < -0.39 is 0 Å². The van der Waals surface area contributed by atoms with E-state index in [1.165, 1.54) is 5.56 Å². The summed E-state index contributed by atoms with van der Waals surface area (Å²) in [7, 11) is 0. The van der Waals surface area contributed by atoms with Gasteiger partial charge in [-0.15, -0.1) is 0 Å². The van der Waals surface area contributed by atoms with Crippen LogP contribution in [0.25, 0.3) is 0 Å². The maximum atomic E-state index is 5.96. The van der Waals surface area contributed by atoms with Crippen molar-refractivity contribution in [2.75, 3.05) is 0 Å². The molecule has 1 nitrogen and oxygen atoms in total. The molecule has 0 heterocycles. The number of nitrogens with two attached hydrogens (primary N) is 1. The van der Waals surface area contributed by atoms with Crippen LogP contribution >= 0.6 is 23.2 Å². The SMILES string of the molecule is CCCC(N)CCCc1cc(Cl)cc(Cl)c1. The Balaban J connectivity index is 2.37. The quantitative estimate of drug-likeness (QED) is 0.803. The highest BCUT2D eigenvalue weighted by Gasteiger charge is 2.02. The standard InChI is InChI=1S/C13H19Cl2N/c1-2-4-13(16)6-3-5-10-7-11(14)9-12(15)8-10/h7-9,13H,2-6,16H2,1H3. The van der Waals surface area contributed by atoms with E-state index >= 15 is 0 Å². The summed E-state index contributed by atoms with van der Waals surface area (Å²) in [6, 6.07) is 6.03. The summed E-state index contributed by atoms with van der Waals surface area (Å²) in [6.07, 6.45) is 5.42. The largest absolute Gasteiger partial charge is 0.328 e. The number of benzene rings is 1. The first-order valence-corrected chi connectivity index (χ1v) is 6.58. The predicted octanol–water partition coefficient (Wildman–Crippen LogP) is 4.44. The van der Waals surface area contributed by atoms with Crippen molar-refractivity contribution < 1.29 is 0 Å². The van der Waals surface area contributed by atoms with Gasteiger partial charge in [0.25, 0.3) is 0 Å². The highest BCUT2D eigenvalue weighted by molar-refractivity contribution is 6.34. The minimum absolute atomic E-state index is 0.333. The first kappa shape index (κ1) is 13.8. The Kier molecular flexibility index (Phi) is 6.18. The van der Waals surface area contributed by atoms with Crippen molar-refractivity contribution in [2.45, 2.75) is 45.1 Å². The van der Waals surface area contributed by atoms with Crippen molar-refractivity contribution in [1.82, 2.24) is 0 Å². The van der Waals surface area contributed by atoms with Gasteiger partial charge in [0, 0.05) is 16.1 Å². The van der Waals surface area contributed by atoms with Gasteiger partial charge in [-0.05, 0) is 49.4 Å². The summed E-state index contributed by atoms with van der Waals surface area (Å²) in [4.78, 5) is 0. The maximum absolute atomic E-state index is 5.96. The Bertz CT molecular complexity index is 305. The lowest BCUT2D eigenvalue weighted by Gasteiger charge is -2.09. The van der Waals surface area contributed by atoms with Crippen LogP contribution in [0.4, 0.5) is 0 Å². The maximum Gasteiger partial charge on any atom is 0.0423 e. The molecule has 1 unspecified atom stereocenters. The zero-order valence-corrected chi connectivity index (χ0v) is 11.2. The lowest BCUT2D eigenvalue weighted by atomic mass is 10.0. The van der Waals surface area contributed by atoms with Crippen molar-refractivity contribution in [3.05, 3.63) is 33.8 Å². The summed E-state index contributed by atoms with van der Waals surface area (Å²) in [5, 5.41) is 1.42. The van der Waals surface area contributed by atoms with Crippen LogP contribution in [-0.4, -0.2) is 6.04 Å². The molecule has 0 aliphatic heterocycles. The van der Waals surface area contributed by atoms with Crippen LogP contribution in [-0.2, 0) is 6.42 Å². The fraction of sp³-hybridized carbons (Fsp3) is 0.538. The summed E-state index contributed by atoms with van der Waals surface area (Å²) >= 11 is 11.9. The highest BCUT2D eigenvalue weighted by Crippen LogP contribution is 2.20. The van der Waals surface area contributed by atoms with Gasteiger partial charge in [0.05, 0.1) is 0 Å². The number of aryl methyl sites for hydroxylation is 1. The van der Waals surface area contributed by atoms with Crippen molar-refractivity contribution in [1.29, 1.82) is 0 Å². The first-order chi connectivity index (χ1) is 7.61. The van der Waals surface area contributed by atoms with E-state index in [1.807, 2.05) is 12.1 Å². The minimum atomic E-state index is 0.333. The zero-order chi connectivity index (χ0) is 12.0. The van der Waals surface area contributed by atoms with Crippen LogP contribution < -0.4 is 5.73 Å². The molecular weight excluding hydrogens is 241 g/mol. The molecule has 0 aliphatic rings. The van der Waals surface area contributed by atoms with Crippen LogP contribution in [0, 0.1) is 0 Å². The monoisotopic (exact) mass is 259 g/mol. The van der Waals surface area contributed by atoms with Crippen molar-refractivity contribution in [2.24, 2.45) is 5.73 Å². The Hall–Kier alpha value is -0.240. The third kappa shape index (κ3) is 5.20. The van der Waals surface area contributed by atoms with E-state index in [0.29, 0.717) is 16.1 Å². The second-order valence-corrected chi connectivity index (χ2v) is 5.09. The van der Waals surface area contributed by atoms with Crippen molar-refractivity contribution in [3.63, 3.8) is 0 Å². The van der Waals surface area contributed by atoms with Gasteiger partial charge in [-0.3, -0.25) is 0 Å². The molecule has 0 amide bonds. The van der Waals surface area contributed by atoms with Crippen LogP contribution in [0.2, 0.25) is 10.0 Å². The zero-order valence-electron chi connectivity index (χ0n) is 9.68. The third-order valence-electron chi connectivity index (χ3n) is 2.62. The number of rotatable bonds is 6. The van der Waals surface area contributed by atoms with Crippen LogP contribution in [0.1, 0.15) is 38.2 Å². The topological polar surface area (TPSA) is 26.0 Å². The lowest BCUT2D eigenvalue weighted by molar-refractivity contribution is 0.539. The van der Waals surface area contributed by atoms with Crippen molar-refractivity contribution >= 4 is 23.2 Å². The Morgan fingerprint density at radius 2 is 1.75 bits per heavy atom. The molecule has 2 N–H and O–H groups in total. The Labute approximate surface area is 108 Å². The van der Waals surface area contributed by atoms with Crippen LogP contribution in [0.5, 0.6) is 0 Å². The van der Waals surface area contributed by atoms with Gasteiger partial charge in [-0.1, -0.05) is 36.5 Å². The second kappa shape index (κ2) is 7.16. The molecule has 16 heavy (non-hydrogen) atoms. The van der Waals surface area contributed by atoms with Crippen LogP contribution in [0.3, 0.4) is 0 Å². The number of hydrogen-bond acceptors (Lipinski definition) is 1. The Morgan fingerprint density at radius 1 is 1.12 bits per heavy atom. The molecule has 90 valence electrons. The molecule has 0 saturated carbocycles. The molecule has 0 saturated heterocycles. The molecule has 0 aromatic heterocycles. The van der Waals surface area contributed by atoms with E-state index in [2.05, 4.69) is 6.92 Å². The second-order valence-electron chi connectivity index (χ2n) is 4.22. The highest BCUT2D eigenvalue weighted by atomic mass is 35.5. The van der Waals surface area contributed by atoms with Gasteiger partial charge >= 0.3 is 0 Å². The first-order valence-electron chi connectivity index (χ1n) is 5.82. The average Bonchev–Trinajstić information content (AvgIpc) is 2.16. The molecule has 0 fully saturated rings. The minimum Gasteiger partial charge on any atom is -0.328 e. The molecule has 3 heteroatoms. The fourth-order valence-corrected chi connectivity index (χ4v) is 2.41. The predicted molar refractivity (Wildman–Crippen MR) is 72.3 cm³/mol. The van der Waals surface area contributed by atoms with E-state index in [-0.39, 0.29) is 0 Å². The number of halogens is 2. The average molecular weight is 260 g/mol. The molecule has 1 aromatic rings. The van der Waals surface area contributed by atoms with E-state index in [1.54, 1.807) is 6.07 Å². The molecule has 0 spiro atoms. The molecule has 1 rings (SSSR count). The van der Waals surface area contributed by atoms with Gasteiger partial charge in [-0.2, -0.15) is 0 Å². The molecule has 0 bridgehead atoms. The van der Waals surface area contributed by atoms with E-state index in [4.69, 9.17) is 28.9 Å². The van der Waals surface area contributed by atoms with E-state index in [0.717, 1.165) is 32.1 Å². The van der Waals surface area contributed by atoms with Gasteiger partial charge < -0.3 is 5.73 Å². The van der Waals surface area contributed by atoms with Gasteiger partial charge in [0.15, 0.2) is 0 Å².